The molecule has 3 amide bonds. The molecule has 6 aliphatic rings. The summed E-state index contributed by atoms with van der Waals surface area (Å²) in [6.07, 6.45) is 10.7. The maximum Gasteiger partial charge on any atom is 0.255 e. The third-order valence-electron chi connectivity index (χ3n) is 13.5. The lowest BCUT2D eigenvalue weighted by Crippen LogP contribution is -2.52. The van der Waals surface area contributed by atoms with Crippen molar-refractivity contribution in [2.45, 2.75) is 82.7 Å². The zero-order valence-electron chi connectivity index (χ0n) is 30.2. The van der Waals surface area contributed by atoms with E-state index in [-0.39, 0.29) is 24.1 Å². The smallest absolute Gasteiger partial charge is 0.255 e. The minimum absolute atomic E-state index is 0.116. The number of nitrogens with zero attached hydrogens (tertiary/aromatic N) is 4. The van der Waals surface area contributed by atoms with E-state index >= 15 is 0 Å². The fraction of sp³-hybridized carbons (Fsp3) is 0.512. The number of hydrogen-bond donors (Lipinski definition) is 2. The molecule has 9 rings (SSSR count). The van der Waals surface area contributed by atoms with Crippen LogP contribution in [0.2, 0.25) is 0 Å². The molecular formula is C43H51N5O4. The number of carbonyl (C=O) groups is 3. The van der Waals surface area contributed by atoms with Gasteiger partial charge in [0.25, 0.3) is 5.91 Å². The van der Waals surface area contributed by atoms with Crippen LogP contribution in [0.3, 0.4) is 0 Å². The van der Waals surface area contributed by atoms with Gasteiger partial charge in [-0.3, -0.25) is 24.6 Å². The second-order valence-electron chi connectivity index (χ2n) is 16.4. The molecule has 9 nitrogen and oxygen atoms in total. The molecule has 0 bridgehead atoms. The van der Waals surface area contributed by atoms with E-state index in [1.54, 1.807) is 4.90 Å². The molecule has 4 heterocycles. The monoisotopic (exact) mass is 701 g/mol. The standard InChI is InChI=1S/C43H51N5O4/c49-35-8-10-36-31(26-35)13-18-43(16-1-2-17-43)40(36)30-3-5-33(6-4-30)46-19-14-29(15-20-46)27-45-21-23-47(24-22-45)34-7-9-37-32(25-34)28-48(42(37)52)38-11-12-39(50)44-41(38)51/h3-10,25-26,29,38,40,49H,1-2,11-24,27-28H2,(H,44,50,51)/t38-,40-/m1/s1. The Morgan fingerprint density at radius 1 is 0.731 bits per heavy atom. The molecule has 1 saturated carbocycles. The number of fused-ring (bicyclic) bond motifs is 2. The Balaban J connectivity index is 0.773. The fourth-order valence-corrected chi connectivity index (χ4v) is 10.7. The van der Waals surface area contributed by atoms with Crippen molar-refractivity contribution in [3.05, 3.63) is 88.5 Å². The number of rotatable bonds is 6. The first-order valence-corrected chi connectivity index (χ1v) is 19.8. The number of piperidine rings is 2. The van der Waals surface area contributed by atoms with Gasteiger partial charge in [0.1, 0.15) is 11.8 Å². The average molecular weight is 702 g/mol. The van der Waals surface area contributed by atoms with Crippen LogP contribution in [0.5, 0.6) is 5.75 Å². The second kappa shape index (κ2) is 13.6. The van der Waals surface area contributed by atoms with Crippen molar-refractivity contribution in [3.8, 4) is 5.75 Å². The van der Waals surface area contributed by atoms with Crippen LogP contribution in [0.1, 0.15) is 96.3 Å². The molecule has 2 N–H and O–H groups in total. The molecule has 4 fully saturated rings. The zero-order valence-corrected chi connectivity index (χ0v) is 30.2. The lowest BCUT2D eigenvalue weighted by Gasteiger charge is -2.43. The first-order valence-electron chi connectivity index (χ1n) is 19.8. The third-order valence-corrected chi connectivity index (χ3v) is 13.5. The molecule has 52 heavy (non-hydrogen) atoms. The normalized spacial score (nSPS) is 25.1. The summed E-state index contributed by atoms with van der Waals surface area (Å²) in [5, 5.41) is 12.6. The Hall–Kier alpha value is -4.37. The number of aryl methyl sites for hydroxylation is 1. The second-order valence-corrected chi connectivity index (χ2v) is 16.4. The fourth-order valence-electron chi connectivity index (χ4n) is 10.7. The topological polar surface area (TPSA) is 96.4 Å². The minimum atomic E-state index is -0.580. The van der Waals surface area contributed by atoms with Gasteiger partial charge in [0.2, 0.25) is 11.8 Å². The van der Waals surface area contributed by atoms with Gasteiger partial charge in [-0.1, -0.05) is 31.0 Å². The van der Waals surface area contributed by atoms with Crippen molar-refractivity contribution in [1.82, 2.24) is 15.1 Å². The van der Waals surface area contributed by atoms with Crippen LogP contribution < -0.4 is 15.1 Å². The maximum absolute atomic E-state index is 13.1. The Bertz CT molecular complexity index is 1850. The van der Waals surface area contributed by atoms with E-state index in [1.807, 2.05) is 18.2 Å². The van der Waals surface area contributed by atoms with Crippen LogP contribution in [-0.4, -0.2) is 84.5 Å². The first-order chi connectivity index (χ1) is 25.3. The lowest BCUT2D eigenvalue weighted by atomic mass is 9.60. The Morgan fingerprint density at radius 2 is 1.46 bits per heavy atom. The number of anilines is 2. The van der Waals surface area contributed by atoms with Crippen LogP contribution in [0.25, 0.3) is 0 Å². The molecule has 3 aromatic carbocycles. The van der Waals surface area contributed by atoms with Gasteiger partial charge in [0.15, 0.2) is 0 Å². The van der Waals surface area contributed by atoms with Gasteiger partial charge in [-0.2, -0.15) is 0 Å². The number of carbonyl (C=O) groups excluding carboxylic acids is 3. The SMILES string of the molecule is O=C1CC[C@@H](N2Cc3cc(N4CCN(CC5CCN(c6ccc([C@@H]7c8ccc(O)cc8CCC78CCCC8)cc6)CC5)CC4)ccc3C2=O)C(=O)N1. The molecule has 9 heteroatoms. The van der Waals surface area contributed by atoms with Crippen LogP contribution in [0.15, 0.2) is 60.7 Å². The molecule has 2 aliphatic carbocycles. The van der Waals surface area contributed by atoms with E-state index in [2.05, 4.69) is 62.5 Å². The minimum Gasteiger partial charge on any atom is -0.508 e. The van der Waals surface area contributed by atoms with Crippen molar-refractivity contribution in [1.29, 1.82) is 0 Å². The Labute approximate surface area is 307 Å². The van der Waals surface area contributed by atoms with E-state index in [1.165, 1.54) is 67.3 Å². The van der Waals surface area contributed by atoms with Gasteiger partial charge in [-0.15, -0.1) is 0 Å². The summed E-state index contributed by atoms with van der Waals surface area (Å²) in [5.41, 5.74) is 8.68. The van der Waals surface area contributed by atoms with Gasteiger partial charge in [0, 0.05) is 81.6 Å². The molecule has 3 saturated heterocycles. The zero-order chi connectivity index (χ0) is 35.4. The molecule has 0 aromatic heterocycles. The highest BCUT2D eigenvalue weighted by molar-refractivity contribution is 6.05. The molecule has 0 unspecified atom stereocenters. The lowest BCUT2D eigenvalue weighted by molar-refractivity contribution is -0.136. The molecule has 2 atom stereocenters. The number of phenolic OH excluding ortho intramolecular Hbond substituents is 1. The van der Waals surface area contributed by atoms with Gasteiger partial charge >= 0.3 is 0 Å². The summed E-state index contributed by atoms with van der Waals surface area (Å²) in [4.78, 5) is 46.5. The van der Waals surface area contributed by atoms with Crippen molar-refractivity contribution in [2.75, 3.05) is 55.6 Å². The molecule has 0 radical (unpaired) electrons. The van der Waals surface area contributed by atoms with Crippen LogP contribution >= 0.6 is 0 Å². The predicted molar refractivity (Wildman–Crippen MR) is 202 cm³/mol. The summed E-state index contributed by atoms with van der Waals surface area (Å²) in [6, 6.07) is 21.1. The summed E-state index contributed by atoms with van der Waals surface area (Å²) >= 11 is 0. The number of piperazine rings is 1. The number of benzene rings is 3. The van der Waals surface area contributed by atoms with E-state index in [0.717, 1.165) is 63.5 Å². The van der Waals surface area contributed by atoms with Crippen LogP contribution in [-0.2, 0) is 22.6 Å². The molecule has 3 aromatic rings. The van der Waals surface area contributed by atoms with Crippen molar-refractivity contribution < 1.29 is 19.5 Å². The highest BCUT2D eigenvalue weighted by Gasteiger charge is 2.46. The molecule has 4 aliphatic heterocycles. The van der Waals surface area contributed by atoms with Crippen molar-refractivity contribution in [2.24, 2.45) is 11.3 Å². The maximum atomic E-state index is 13.1. The van der Waals surface area contributed by atoms with E-state index in [4.69, 9.17) is 0 Å². The van der Waals surface area contributed by atoms with Gasteiger partial charge in [-0.05, 0) is 121 Å². The molecular weight excluding hydrogens is 651 g/mol. The molecule has 1 spiro atoms. The summed E-state index contributed by atoms with van der Waals surface area (Å²) in [5.74, 6) is 0.772. The number of hydrogen-bond acceptors (Lipinski definition) is 7. The number of amides is 3. The number of nitrogens with one attached hydrogen (secondary N) is 1. The Morgan fingerprint density at radius 3 is 2.21 bits per heavy atom. The quantitative estimate of drug-likeness (QED) is 0.313. The summed E-state index contributed by atoms with van der Waals surface area (Å²) < 4.78 is 0. The number of aromatic hydroxyl groups is 1. The first kappa shape index (κ1) is 33.5. The predicted octanol–water partition coefficient (Wildman–Crippen LogP) is 5.83. The van der Waals surface area contributed by atoms with Crippen LogP contribution in [0, 0.1) is 11.3 Å². The number of phenols is 1. The van der Waals surface area contributed by atoms with Gasteiger partial charge in [-0.25, -0.2) is 0 Å². The van der Waals surface area contributed by atoms with Crippen molar-refractivity contribution in [3.63, 3.8) is 0 Å². The average Bonchev–Trinajstić information content (AvgIpc) is 3.76. The van der Waals surface area contributed by atoms with Gasteiger partial charge in [0.05, 0.1) is 0 Å². The third kappa shape index (κ3) is 6.14. The van der Waals surface area contributed by atoms with E-state index in [0.29, 0.717) is 41.5 Å². The summed E-state index contributed by atoms with van der Waals surface area (Å²) in [7, 11) is 0. The highest BCUT2D eigenvalue weighted by atomic mass is 16.3. The van der Waals surface area contributed by atoms with Gasteiger partial charge < -0.3 is 19.8 Å². The van der Waals surface area contributed by atoms with E-state index in [9.17, 15) is 19.5 Å². The Kier molecular flexibility index (Phi) is 8.72. The largest absolute Gasteiger partial charge is 0.508 e. The van der Waals surface area contributed by atoms with Crippen molar-refractivity contribution >= 4 is 29.1 Å². The summed E-state index contributed by atoms with van der Waals surface area (Å²) in [6.45, 7) is 7.76. The van der Waals surface area contributed by atoms with Crippen LogP contribution in [0.4, 0.5) is 11.4 Å². The highest BCUT2D eigenvalue weighted by Crippen LogP contribution is 2.58. The van der Waals surface area contributed by atoms with E-state index < -0.39 is 6.04 Å². The molecule has 272 valence electrons. The number of imide groups is 1.